The van der Waals surface area contributed by atoms with E-state index in [0.29, 0.717) is 62.1 Å². The molecule has 2 saturated heterocycles. The van der Waals surface area contributed by atoms with Crippen molar-refractivity contribution in [3.8, 4) is 5.00 Å². The number of rotatable bonds is 11. The average molecular weight is 824 g/mol. The van der Waals surface area contributed by atoms with Crippen molar-refractivity contribution >= 4 is 69.7 Å². The van der Waals surface area contributed by atoms with Gasteiger partial charge in [-0.25, -0.2) is 0 Å². The van der Waals surface area contributed by atoms with E-state index >= 15 is 0 Å². The van der Waals surface area contributed by atoms with E-state index in [9.17, 15) is 28.8 Å². The molecule has 8 rings (SSSR count). The van der Waals surface area contributed by atoms with Gasteiger partial charge >= 0.3 is 0 Å². The fraction of sp³-hybridized carbons (Fsp3) is 0.390. The maximum Gasteiger partial charge on any atom is 0.264 e. The number of piperidine rings is 1. The van der Waals surface area contributed by atoms with Crippen LogP contribution in [-0.2, 0) is 19.2 Å². The molecule has 0 saturated carbocycles. The van der Waals surface area contributed by atoms with E-state index in [2.05, 4.69) is 39.6 Å². The summed E-state index contributed by atoms with van der Waals surface area (Å²) in [5, 5.41) is 15.9. The monoisotopic (exact) mass is 823 g/mol. The van der Waals surface area contributed by atoms with E-state index in [-0.39, 0.29) is 48.6 Å². The van der Waals surface area contributed by atoms with Crippen LogP contribution in [0.4, 0.5) is 5.69 Å². The predicted octanol–water partition coefficient (Wildman–Crippen LogP) is 4.20. The number of nitrogens with one attached hydrogen (secondary N) is 2. The first-order chi connectivity index (χ1) is 27.9. The minimum Gasteiger partial charge on any atom is -0.384 e. The molecule has 5 amide bonds. The summed E-state index contributed by atoms with van der Waals surface area (Å²) in [5.74, 6) is -0.880. The first-order valence-corrected chi connectivity index (χ1v) is 20.6. The number of thiophene rings is 1. The van der Waals surface area contributed by atoms with Crippen LogP contribution in [0.3, 0.4) is 0 Å². The number of Topliss-reactive ketones (excluding diaryl/α,β-unsaturated/α-hetero) is 1. The second-order valence-electron chi connectivity index (χ2n) is 15.0. The minimum absolute atomic E-state index is 0.0422. The van der Waals surface area contributed by atoms with Crippen molar-refractivity contribution in [2.24, 2.45) is 4.99 Å². The number of aromatic nitrogens is 3. The van der Waals surface area contributed by atoms with E-state index in [1.54, 1.807) is 29.5 Å². The summed E-state index contributed by atoms with van der Waals surface area (Å²) < 4.78 is 2.04. The molecule has 4 aliphatic rings. The van der Waals surface area contributed by atoms with Crippen LogP contribution in [0, 0.1) is 20.8 Å². The van der Waals surface area contributed by atoms with Gasteiger partial charge in [0.2, 0.25) is 17.7 Å². The number of hydrogen-bond acceptors (Lipinski definition) is 12. The molecule has 0 radical (unpaired) electrons. The lowest BCUT2D eigenvalue weighted by Crippen LogP contribution is -2.54. The summed E-state index contributed by atoms with van der Waals surface area (Å²) in [6, 6.07) is 10.9. The van der Waals surface area contributed by atoms with Crippen molar-refractivity contribution in [1.82, 2.24) is 34.8 Å². The van der Waals surface area contributed by atoms with Crippen LogP contribution in [0.15, 0.2) is 47.5 Å². The van der Waals surface area contributed by atoms with Crippen molar-refractivity contribution in [1.29, 1.82) is 0 Å². The topological polar surface area (TPSA) is 179 Å². The molecule has 15 nitrogen and oxygen atoms in total. The fourth-order valence-electron chi connectivity index (χ4n) is 8.08. The van der Waals surface area contributed by atoms with Gasteiger partial charge in [-0.05, 0) is 63.4 Å². The smallest absolute Gasteiger partial charge is 0.264 e. The lowest BCUT2D eigenvalue weighted by Gasteiger charge is -2.34. The van der Waals surface area contributed by atoms with Crippen molar-refractivity contribution in [3.05, 3.63) is 91.8 Å². The Kier molecular flexibility index (Phi) is 10.8. The standard InChI is InChI=1S/C41H42ClN9O6S/c1-22-23(2)58-41-34(22)36(25-9-11-26(42)12-10-25)44-30(37-47-46-24(3)50(37)41)20-33(54)49-18-16-48(17-19-49)21-27(52)6-5-15-43-29-8-4-7-28-35(29)40(57)51(39(28)56)31-13-14-32(53)45-38(31)55/h4,7-12,30-31,43H,5-6,13-21H2,1-3H3,(H,45,53,55)/t30-,31?/m0/s1. The summed E-state index contributed by atoms with van der Waals surface area (Å²) >= 11 is 7.91. The molecule has 0 bridgehead atoms. The lowest BCUT2D eigenvalue weighted by molar-refractivity contribution is -0.136. The second-order valence-corrected chi connectivity index (χ2v) is 16.6. The molecule has 17 heteroatoms. The van der Waals surface area contributed by atoms with Crippen LogP contribution >= 0.6 is 22.9 Å². The highest BCUT2D eigenvalue weighted by molar-refractivity contribution is 7.15. The Morgan fingerprint density at radius 1 is 0.948 bits per heavy atom. The fourth-order valence-corrected chi connectivity index (χ4v) is 9.42. The maximum atomic E-state index is 13.9. The Balaban J connectivity index is 0.849. The van der Waals surface area contributed by atoms with Crippen LogP contribution in [0.25, 0.3) is 5.00 Å². The van der Waals surface area contributed by atoms with Crippen LogP contribution in [0.1, 0.15) is 92.1 Å². The number of aryl methyl sites for hydroxylation is 2. The summed E-state index contributed by atoms with van der Waals surface area (Å²) in [6.07, 6.45) is 1.04. The molecule has 4 aromatic rings. The highest BCUT2D eigenvalue weighted by Gasteiger charge is 2.45. The van der Waals surface area contributed by atoms with Gasteiger partial charge in [0, 0.05) is 72.3 Å². The van der Waals surface area contributed by atoms with Gasteiger partial charge in [-0.15, -0.1) is 21.5 Å². The zero-order chi connectivity index (χ0) is 40.8. The van der Waals surface area contributed by atoms with Crippen molar-refractivity contribution in [2.45, 2.75) is 65.0 Å². The molecule has 4 aliphatic heterocycles. The molecule has 0 spiro atoms. The van der Waals surface area contributed by atoms with Crippen molar-refractivity contribution in [2.75, 3.05) is 44.6 Å². The van der Waals surface area contributed by atoms with Gasteiger partial charge in [-0.2, -0.15) is 0 Å². The zero-order valence-corrected chi connectivity index (χ0v) is 33.9. The van der Waals surface area contributed by atoms with Crippen LogP contribution < -0.4 is 10.6 Å². The number of piperazine rings is 1. The van der Waals surface area contributed by atoms with Gasteiger partial charge in [-0.3, -0.25) is 53.4 Å². The largest absolute Gasteiger partial charge is 0.384 e. The van der Waals surface area contributed by atoms with E-state index in [1.165, 1.54) is 4.88 Å². The number of imide groups is 2. The SMILES string of the molecule is Cc1sc2c(c1C)C(c1ccc(Cl)cc1)=N[C@@H](CC(=O)N1CCN(CC(=O)CCCNc3cccc4c3C(=O)N(C3CCC(=O)NC3=O)C4=O)CC1)c1nnc(C)n1-2. The zero-order valence-electron chi connectivity index (χ0n) is 32.3. The molecule has 300 valence electrons. The molecule has 2 N–H and O–H groups in total. The molecular formula is C41H42ClN9O6S. The number of fused-ring (bicyclic) bond motifs is 4. The van der Waals surface area contributed by atoms with Gasteiger partial charge in [0.15, 0.2) is 5.82 Å². The number of anilines is 1. The molecular weight excluding hydrogens is 782 g/mol. The first kappa shape index (κ1) is 39.3. The number of halogens is 1. The maximum absolute atomic E-state index is 13.9. The number of amides is 5. The van der Waals surface area contributed by atoms with Crippen molar-refractivity contribution in [3.63, 3.8) is 0 Å². The first-order valence-electron chi connectivity index (χ1n) is 19.4. The quantitative estimate of drug-likeness (QED) is 0.165. The van der Waals surface area contributed by atoms with E-state index in [4.69, 9.17) is 16.6 Å². The van der Waals surface area contributed by atoms with Gasteiger partial charge in [-0.1, -0.05) is 29.8 Å². The third-order valence-electron chi connectivity index (χ3n) is 11.3. The molecule has 2 fully saturated rings. The van der Waals surface area contributed by atoms with Gasteiger partial charge in [0.05, 0.1) is 29.8 Å². The van der Waals surface area contributed by atoms with Gasteiger partial charge < -0.3 is 10.2 Å². The summed E-state index contributed by atoms with van der Waals surface area (Å²) in [5.41, 5.74) is 4.65. The number of carbonyl (C=O) groups is 6. The lowest BCUT2D eigenvalue weighted by atomic mass is 9.99. The van der Waals surface area contributed by atoms with Crippen LogP contribution in [-0.4, -0.2) is 116 Å². The Morgan fingerprint density at radius 3 is 2.45 bits per heavy atom. The molecule has 2 atom stereocenters. The second kappa shape index (κ2) is 16.0. The minimum atomic E-state index is -1.04. The Bertz CT molecular complexity index is 2400. The summed E-state index contributed by atoms with van der Waals surface area (Å²) in [6.45, 7) is 8.81. The highest BCUT2D eigenvalue weighted by atomic mass is 35.5. The average Bonchev–Trinajstić information content (AvgIpc) is 3.78. The third-order valence-corrected chi connectivity index (χ3v) is 12.7. The van der Waals surface area contributed by atoms with Gasteiger partial charge in [0.25, 0.3) is 11.8 Å². The van der Waals surface area contributed by atoms with E-state index < -0.39 is 35.7 Å². The van der Waals surface area contributed by atoms with Crippen LogP contribution in [0.2, 0.25) is 5.02 Å². The molecule has 0 aliphatic carbocycles. The Morgan fingerprint density at radius 2 is 1.71 bits per heavy atom. The Hall–Kier alpha value is -5.58. The number of benzene rings is 2. The third kappa shape index (κ3) is 7.35. The molecule has 1 unspecified atom stereocenters. The number of aliphatic imine (C=N–C) groups is 1. The number of ketones is 1. The molecule has 58 heavy (non-hydrogen) atoms. The normalized spacial score (nSPS) is 19.3. The highest BCUT2D eigenvalue weighted by Crippen LogP contribution is 2.40. The summed E-state index contributed by atoms with van der Waals surface area (Å²) in [7, 11) is 0. The number of nitrogens with zero attached hydrogens (tertiary/aromatic N) is 7. The van der Waals surface area contributed by atoms with Crippen LogP contribution in [0.5, 0.6) is 0 Å². The summed E-state index contributed by atoms with van der Waals surface area (Å²) in [4.78, 5) is 88.7. The molecule has 2 aromatic carbocycles. The predicted molar refractivity (Wildman–Crippen MR) is 217 cm³/mol. The number of carbonyl (C=O) groups excluding carboxylic acids is 6. The van der Waals surface area contributed by atoms with Gasteiger partial charge in [0.1, 0.15) is 28.7 Å². The number of hydrogen-bond donors (Lipinski definition) is 2. The molecule has 2 aromatic heterocycles. The van der Waals surface area contributed by atoms with E-state index in [0.717, 1.165) is 38.1 Å². The molecule has 6 heterocycles. The Labute approximate surface area is 343 Å². The van der Waals surface area contributed by atoms with Crippen molar-refractivity contribution < 1.29 is 28.8 Å². The van der Waals surface area contributed by atoms with E-state index in [1.807, 2.05) is 40.7 Å².